The zero-order chi connectivity index (χ0) is 14.1. The molecule has 0 bridgehead atoms. The van der Waals surface area contributed by atoms with Crippen molar-refractivity contribution in [1.29, 1.82) is 0 Å². The van der Waals surface area contributed by atoms with E-state index in [0.717, 1.165) is 0 Å². The van der Waals surface area contributed by atoms with Gasteiger partial charge in [-0.1, -0.05) is 0 Å². The van der Waals surface area contributed by atoms with Crippen LogP contribution in [0.5, 0.6) is 0 Å². The van der Waals surface area contributed by atoms with Gasteiger partial charge >= 0.3 is 11.9 Å². The van der Waals surface area contributed by atoms with Crippen LogP contribution in [0.2, 0.25) is 0 Å². The Hall–Kier alpha value is -1.63. The van der Waals surface area contributed by atoms with Gasteiger partial charge in [-0.25, -0.2) is 4.79 Å². The first-order chi connectivity index (χ1) is 8.32. The molecule has 0 aromatic heterocycles. The molecule has 0 aliphatic rings. The lowest BCUT2D eigenvalue weighted by Crippen LogP contribution is -2.41. The summed E-state index contributed by atoms with van der Waals surface area (Å²) in [5.74, 6) is -2.71. The number of carbonyl (C=O) groups excluding carboxylic acids is 1. The summed E-state index contributed by atoms with van der Waals surface area (Å²) < 4.78 is 0. The van der Waals surface area contributed by atoms with E-state index < -0.39 is 23.9 Å². The number of nitrogens with one attached hydrogen (secondary N) is 1. The molecule has 0 aliphatic heterocycles. The van der Waals surface area contributed by atoms with E-state index in [-0.39, 0.29) is 25.3 Å². The first-order valence-corrected chi connectivity index (χ1v) is 5.82. The highest BCUT2D eigenvalue weighted by Gasteiger charge is 2.20. The number of rotatable bonds is 9. The molecule has 0 saturated heterocycles. The summed E-state index contributed by atoms with van der Waals surface area (Å²) in [7, 11) is 0. The molecule has 2 atom stereocenters. The Balaban J connectivity index is 4.04. The molecule has 0 rings (SSSR count). The topological polar surface area (TPSA) is 130 Å². The minimum absolute atomic E-state index is 0.0000751. The average molecular weight is 260 g/mol. The number of hydrogen-bond donors (Lipinski definition) is 4. The Morgan fingerprint density at radius 1 is 1.17 bits per heavy atom. The van der Waals surface area contributed by atoms with Gasteiger partial charge in [0.2, 0.25) is 5.91 Å². The van der Waals surface area contributed by atoms with Gasteiger partial charge in [-0.05, 0) is 26.2 Å². The third kappa shape index (κ3) is 8.51. The zero-order valence-corrected chi connectivity index (χ0v) is 10.4. The summed E-state index contributed by atoms with van der Waals surface area (Å²) in [6.45, 7) is 1.82. The van der Waals surface area contributed by atoms with Crippen molar-refractivity contribution in [1.82, 2.24) is 5.32 Å². The molecule has 5 N–H and O–H groups in total. The van der Waals surface area contributed by atoms with Crippen LogP contribution >= 0.6 is 0 Å². The minimum Gasteiger partial charge on any atom is -0.481 e. The van der Waals surface area contributed by atoms with Crippen LogP contribution < -0.4 is 11.1 Å². The summed E-state index contributed by atoms with van der Waals surface area (Å²) in [6.07, 6.45) is 1.04. The molecule has 0 spiro atoms. The maximum Gasteiger partial charge on any atom is 0.326 e. The summed E-state index contributed by atoms with van der Waals surface area (Å²) in [5.41, 5.74) is 5.52. The van der Waals surface area contributed by atoms with Crippen LogP contribution in [-0.2, 0) is 14.4 Å². The lowest BCUT2D eigenvalue weighted by Gasteiger charge is -2.13. The van der Waals surface area contributed by atoms with Crippen LogP contribution in [0.3, 0.4) is 0 Å². The van der Waals surface area contributed by atoms with Crippen molar-refractivity contribution in [2.75, 3.05) is 0 Å². The normalized spacial score (nSPS) is 13.7. The molecular formula is C11H20N2O5. The molecule has 0 heterocycles. The molecule has 7 nitrogen and oxygen atoms in total. The smallest absolute Gasteiger partial charge is 0.326 e. The molecule has 104 valence electrons. The van der Waals surface area contributed by atoms with E-state index in [1.54, 1.807) is 0 Å². The lowest BCUT2D eigenvalue weighted by atomic mass is 10.1. The Labute approximate surface area is 105 Å². The third-order valence-corrected chi connectivity index (χ3v) is 2.34. The second-order valence-electron chi connectivity index (χ2n) is 4.26. The van der Waals surface area contributed by atoms with Crippen molar-refractivity contribution in [2.45, 2.75) is 51.1 Å². The zero-order valence-electron chi connectivity index (χ0n) is 10.4. The highest BCUT2D eigenvalue weighted by atomic mass is 16.4. The van der Waals surface area contributed by atoms with Crippen LogP contribution in [0.4, 0.5) is 0 Å². The second-order valence-corrected chi connectivity index (χ2v) is 4.26. The van der Waals surface area contributed by atoms with Gasteiger partial charge < -0.3 is 21.3 Å². The molecule has 0 radical (unpaired) electrons. The van der Waals surface area contributed by atoms with Gasteiger partial charge in [-0.15, -0.1) is 0 Å². The Kier molecular flexibility index (Phi) is 7.69. The van der Waals surface area contributed by atoms with E-state index >= 15 is 0 Å². The minimum atomic E-state index is -1.23. The summed E-state index contributed by atoms with van der Waals surface area (Å²) in [5, 5.41) is 19.6. The number of carbonyl (C=O) groups is 3. The van der Waals surface area contributed by atoms with Gasteiger partial charge in [0.05, 0.1) is 0 Å². The predicted octanol–water partition coefficient (Wildman–Crippen LogP) is -0.0619. The third-order valence-electron chi connectivity index (χ3n) is 2.34. The first-order valence-electron chi connectivity index (χ1n) is 5.82. The van der Waals surface area contributed by atoms with E-state index in [1.165, 1.54) is 0 Å². The van der Waals surface area contributed by atoms with Crippen LogP contribution in [0, 0.1) is 0 Å². The maximum atomic E-state index is 11.4. The molecule has 2 unspecified atom stereocenters. The molecule has 7 heteroatoms. The number of hydrogen-bond acceptors (Lipinski definition) is 4. The predicted molar refractivity (Wildman–Crippen MR) is 63.9 cm³/mol. The van der Waals surface area contributed by atoms with Crippen molar-refractivity contribution in [3.8, 4) is 0 Å². The van der Waals surface area contributed by atoms with Gasteiger partial charge in [-0.2, -0.15) is 0 Å². The quantitative estimate of drug-likeness (QED) is 0.459. The van der Waals surface area contributed by atoms with Crippen molar-refractivity contribution in [3.05, 3.63) is 0 Å². The average Bonchev–Trinajstić information content (AvgIpc) is 2.22. The number of amides is 1. The second kappa shape index (κ2) is 8.46. The molecule has 0 saturated carbocycles. The largest absolute Gasteiger partial charge is 0.481 e. The number of carboxylic acids is 2. The first kappa shape index (κ1) is 16.4. The molecule has 0 aliphatic carbocycles. The van der Waals surface area contributed by atoms with E-state index in [4.69, 9.17) is 15.9 Å². The van der Waals surface area contributed by atoms with Gasteiger partial charge in [0.25, 0.3) is 0 Å². The van der Waals surface area contributed by atoms with Crippen LogP contribution in [0.25, 0.3) is 0 Å². The number of aliphatic carboxylic acids is 2. The van der Waals surface area contributed by atoms with E-state index in [1.807, 2.05) is 6.92 Å². The monoisotopic (exact) mass is 260 g/mol. The van der Waals surface area contributed by atoms with Crippen molar-refractivity contribution in [2.24, 2.45) is 5.73 Å². The lowest BCUT2D eigenvalue weighted by molar-refractivity contribution is -0.143. The van der Waals surface area contributed by atoms with Crippen LogP contribution in [0.1, 0.15) is 39.0 Å². The van der Waals surface area contributed by atoms with Gasteiger partial charge in [0.15, 0.2) is 0 Å². The molecule has 0 aromatic carbocycles. The van der Waals surface area contributed by atoms with E-state index in [2.05, 4.69) is 5.32 Å². The van der Waals surface area contributed by atoms with Crippen LogP contribution in [0.15, 0.2) is 0 Å². The Morgan fingerprint density at radius 3 is 2.22 bits per heavy atom. The molecule has 1 amide bonds. The number of carboxylic acid groups (broad SMARTS) is 2. The van der Waals surface area contributed by atoms with E-state index in [9.17, 15) is 14.4 Å². The highest BCUT2D eigenvalue weighted by Crippen LogP contribution is 2.02. The Morgan fingerprint density at radius 2 is 1.78 bits per heavy atom. The van der Waals surface area contributed by atoms with Crippen molar-refractivity contribution in [3.63, 3.8) is 0 Å². The highest BCUT2D eigenvalue weighted by molar-refractivity contribution is 5.83. The molecule has 0 fully saturated rings. The fourth-order valence-electron chi connectivity index (χ4n) is 1.38. The van der Waals surface area contributed by atoms with Gasteiger partial charge in [0, 0.05) is 18.9 Å². The van der Waals surface area contributed by atoms with Crippen LogP contribution in [-0.4, -0.2) is 40.1 Å². The fourth-order valence-corrected chi connectivity index (χ4v) is 1.38. The molecular weight excluding hydrogens is 240 g/mol. The molecule has 18 heavy (non-hydrogen) atoms. The maximum absolute atomic E-state index is 11.4. The summed E-state index contributed by atoms with van der Waals surface area (Å²) in [6, 6.07) is -1.15. The fraction of sp³-hybridized carbons (Fsp3) is 0.727. The number of nitrogens with two attached hydrogens (primary N) is 1. The standard InChI is InChI=1S/C11H20N2O5/c1-7(12)3-2-4-9(14)13-8(11(17)18)5-6-10(15)16/h7-8H,2-6,12H2,1H3,(H,13,14)(H,15,16)(H,17,18). The van der Waals surface area contributed by atoms with Crippen molar-refractivity contribution >= 4 is 17.8 Å². The SMILES string of the molecule is CC(N)CCCC(=O)NC(CCC(=O)O)C(=O)O. The van der Waals surface area contributed by atoms with Gasteiger partial charge in [0.1, 0.15) is 6.04 Å². The van der Waals surface area contributed by atoms with Gasteiger partial charge in [-0.3, -0.25) is 9.59 Å². The summed E-state index contributed by atoms with van der Waals surface area (Å²) >= 11 is 0. The van der Waals surface area contributed by atoms with E-state index in [0.29, 0.717) is 12.8 Å². The summed E-state index contributed by atoms with van der Waals surface area (Å²) in [4.78, 5) is 32.6. The molecule has 0 aromatic rings. The van der Waals surface area contributed by atoms with Crippen molar-refractivity contribution < 1.29 is 24.6 Å². The Bertz CT molecular complexity index is 304.